The number of carbonyl (C=O) groups is 1. The van der Waals surface area contributed by atoms with Crippen LogP contribution in [0.15, 0.2) is 18.2 Å². The highest BCUT2D eigenvalue weighted by molar-refractivity contribution is 5.96. The minimum Gasteiger partial charge on any atom is -0.493 e. The van der Waals surface area contributed by atoms with E-state index in [0.29, 0.717) is 11.5 Å². The minimum absolute atomic E-state index is 0.621. The van der Waals surface area contributed by atoms with Gasteiger partial charge in [-0.2, -0.15) is 0 Å². The first-order valence-corrected chi connectivity index (χ1v) is 6.11. The van der Waals surface area contributed by atoms with Crippen molar-refractivity contribution in [2.24, 2.45) is 7.05 Å². The molecule has 5 heteroatoms. The average Bonchev–Trinajstić information content (AvgIpc) is 2.67. The molecule has 0 aliphatic heterocycles. The molecular formula is C15H17NO4. The molecule has 0 radical (unpaired) electrons. The maximum atomic E-state index is 10.7. The molecule has 0 unspecified atom stereocenters. The van der Waals surface area contributed by atoms with Crippen LogP contribution in [-0.4, -0.2) is 29.9 Å². The molecule has 2 aromatic rings. The van der Waals surface area contributed by atoms with Gasteiger partial charge in [-0.15, -0.1) is 0 Å². The lowest BCUT2D eigenvalue weighted by molar-refractivity contribution is -0.131. The number of carboxylic acids is 1. The number of rotatable bonds is 4. The van der Waals surface area contributed by atoms with Crippen LogP contribution in [0.25, 0.3) is 17.0 Å². The Labute approximate surface area is 117 Å². The van der Waals surface area contributed by atoms with Crippen LogP contribution in [0, 0.1) is 6.92 Å². The first kappa shape index (κ1) is 14.0. The molecule has 0 aliphatic rings. The van der Waals surface area contributed by atoms with E-state index >= 15 is 0 Å². The molecule has 0 saturated heterocycles. The third-order valence-electron chi connectivity index (χ3n) is 3.44. The van der Waals surface area contributed by atoms with E-state index in [0.717, 1.165) is 28.2 Å². The van der Waals surface area contributed by atoms with E-state index in [4.69, 9.17) is 14.6 Å². The Morgan fingerprint density at radius 2 is 1.85 bits per heavy atom. The molecule has 0 atom stereocenters. The van der Waals surface area contributed by atoms with Gasteiger partial charge >= 0.3 is 5.97 Å². The summed E-state index contributed by atoms with van der Waals surface area (Å²) in [4.78, 5) is 10.7. The summed E-state index contributed by atoms with van der Waals surface area (Å²) in [5.74, 6) is 0.298. The summed E-state index contributed by atoms with van der Waals surface area (Å²) in [6.45, 7) is 1.94. The molecule has 106 valence electrons. The number of fused-ring (bicyclic) bond motifs is 1. The van der Waals surface area contributed by atoms with E-state index in [-0.39, 0.29) is 0 Å². The van der Waals surface area contributed by atoms with Crippen molar-refractivity contribution in [1.82, 2.24) is 4.57 Å². The van der Waals surface area contributed by atoms with E-state index in [2.05, 4.69) is 0 Å². The summed E-state index contributed by atoms with van der Waals surface area (Å²) in [6, 6.07) is 3.75. The smallest absolute Gasteiger partial charge is 0.328 e. The Hall–Kier alpha value is -2.43. The monoisotopic (exact) mass is 275 g/mol. The quantitative estimate of drug-likeness (QED) is 0.871. The van der Waals surface area contributed by atoms with Crippen molar-refractivity contribution in [3.63, 3.8) is 0 Å². The van der Waals surface area contributed by atoms with Gasteiger partial charge in [-0.05, 0) is 19.1 Å². The van der Waals surface area contributed by atoms with Gasteiger partial charge in [0, 0.05) is 35.8 Å². The van der Waals surface area contributed by atoms with Crippen molar-refractivity contribution in [2.75, 3.05) is 14.2 Å². The number of aromatic nitrogens is 1. The molecule has 0 saturated carbocycles. The number of benzene rings is 1. The zero-order valence-corrected chi connectivity index (χ0v) is 11.9. The van der Waals surface area contributed by atoms with Crippen molar-refractivity contribution in [3.8, 4) is 11.5 Å². The van der Waals surface area contributed by atoms with Crippen LogP contribution in [0.2, 0.25) is 0 Å². The predicted molar refractivity (Wildman–Crippen MR) is 77.4 cm³/mol. The maximum Gasteiger partial charge on any atom is 0.328 e. The molecule has 1 aromatic heterocycles. The van der Waals surface area contributed by atoms with Crippen molar-refractivity contribution in [1.29, 1.82) is 0 Å². The molecule has 5 nitrogen and oxygen atoms in total. The fourth-order valence-electron chi connectivity index (χ4n) is 2.28. The summed E-state index contributed by atoms with van der Waals surface area (Å²) in [5, 5.41) is 9.72. The molecule has 1 heterocycles. The van der Waals surface area contributed by atoms with E-state index < -0.39 is 5.97 Å². The van der Waals surface area contributed by atoms with Crippen LogP contribution < -0.4 is 9.47 Å². The van der Waals surface area contributed by atoms with Gasteiger partial charge in [0.25, 0.3) is 0 Å². The van der Waals surface area contributed by atoms with E-state index in [1.165, 1.54) is 0 Å². The van der Waals surface area contributed by atoms with E-state index in [1.807, 2.05) is 30.7 Å². The zero-order chi connectivity index (χ0) is 14.9. The SMILES string of the molecule is COc1cc2c(/C=C/C(=O)O)c(C)n(C)c2cc1OC. The highest BCUT2D eigenvalue weighted by atomic mass is 16.5. The number of ether oxygens (including phenoxy) is 2. The third-order valence-corrected chi connectivity index (χ3v) is 3.44. The topological polar surface area (TPSA) is 60.7 Å². The van der Waals surface area contributed by atoms with E-state index in [9.17, 15) is 4.79 Å². The summed E-state index contributed by atoms with van der Waals surface area (Å²) < 4.78 is 12.6. The molecule has 0 spiro atoms. The standard InChI is InChI=1S/C15H17NO4/c1-9-10(5-6-15(17)18)11-7-13(19-3)14(20-4)8-12(11)16(9)2/h5-8H,1-4H3,(H,17,18)/b6-5+. The second-order valence-corrected chi connectivity index (χ2v) is 4.45. The average molecular weight is 275 g/mol. The summed E-state index contributed by atoms with van der Waals surface area (Å²) in [7, 11) is 5.10. The molecule has 20 heavy (non-hydrogen) atoms. The van der Waals surface area contributed by atoms with Crippen LogP contribution in [0.4, 0.5) is 0 Å². The lowest BCUT2D eigenvalue weighted by atomic mass is 10.1. The van der Waals surface area contributed by atoms with Gasteiger partial charge in [-0.1, -0.05) is 0 Å². The van der Waals surface area contributed by atoms with Crippen LogP contribution in [0.1, 0.15) is 11.3 Å². The van der Waals surface area contributed by atoms with Crippen LogP contribution in [0.3, 0.4) is 0 Å². The van der Waals surface area contributed by atoms with Gasteiger partial charge < -0.3 is 19.1 Å². The normalized spacial score (nSPS) is 11.2. The van der Waals surface area contributed by atoms with E-state index in [1.54, 1.807) is 20.3 Å². The van der Waals surface area contributed by atoms with Gasteiger partial charge in [0.15, 0.2) is 11.5 Å². The lowest BCUT2D eigenvalue weighted by Crippen LogP contribution is -1.93. The Balaban J connectivity index is 2.75. The van der Waals surface area contributed by atoms with Gasteiger partial charge in [-0.25, -0.2) is 4.79 Å². The molecule has 0 bridgehead atoms. The van der Waals surface area contributed by atoms with Gasteiger partial charge in [0.05, 0.1) is 19.7 Å². The Bertz CT molecular complexity index is 698. The lowest BCUT2D eigenvalue weighted by Gasteiger charge is -2.08. The highest BCUT2D eigenvalue weighted by Gasteiger charge is 2.14. The van der Waals surface area contributed by atoms with Crippen molar-refractivity contribution in [3.05, 3.63) is 29.5 Å². The second kappa shape index (κ2) is 5.28. The van der Waals surface area contributed by atoms with Crippen molar-refractivity contribution >= 4 is 22.9 Å². The summed E-state index contributed by atoms with van der Waals surface area (Å²) in [5.41, 5.74) is 2.81. The number of methoxy groups -OCH3 is 2. The molecule has 2 rings (SSSR count). The number of hydrogen-bond acceptors (Lipinski definition) is 3. The Morgan fingerprint density at radius 1 is 1.25 bits per heavy atom. The number of aryl methyl sites for hydroxylation is 1. The van der Waals surface area contributed by atoms with Gasteiger partial charge in [0.1, 0.15) is 0 Å². The number of carboxylic acid groups (broad SMARTS) is 1. The molecule has 0 fully saturated rings. The highest BCUT2D eigenvalue weighted by Crippen LogP contribution is 2.36. The van der Waals surface area contributed by atoms with Crippen molar-refractivity contribution in [2.45, 2.75) is 6.92 Å². The van der Waals surface area contributed by atoms with Crippen molar-refractivity contribution < 1.29 is 19.4 Å². The molecular weight excluding hydrogens is 258 g/mol. The number of hydrogen-bond donors (Lipinski definition) is 1. The number of nitrogens with zero attached hydrogens (tertiary/aromatic N) is 1. The van der Waals surface area contributed by atoms with Crippen LogP contribution in [0.5, 0.6) is 11.5 Å². The zero-order valence-electron chi connectivity index (χ0n) is 11.9. The Morgan fingerprint density at radius 3 is 2.40 bits per heavy atom. The predicted octanol–water partition coefficient (Wildman–Crippen LogP) is 2.60. The van der Waals surface area contributed by atoms with Gasteiger partial charge in [0.2, 0.25) is 0 Å². The fourth-order valence-corrected chi connectivity index (χ4v) is 2.28. The van der Waals surface area contributed by atoms with Crippen LogP contribution in [-0.2, 0) is 11.8 Å². The molecule has 1 N–H and O–H groups in total. The molecule has 0 aliphatic carbocycles. The molecule has 0 amide bonds. The minimum atomic E-state index is -0.970. The second-order valence-electron chi connectivity index (χ2n) is 4.45. The fraction of sp³-hybridized carbons (Fsp3) is 0.267. The Kier molecular flexibility index (Phi) is 3.70. The molecule has 1 aromatic carbocycles. The first-order chi connectivity index (χ1) is 9.49. The van der Waals surface area contributed by atoms with Crippen LogP contribution >= 0.6 is 0 Å². The maximum absolute atomic E-state index is 10.7. The largest absolute Gasteiger partial charge is 0.493 e. The van der Waals surface area contributed by atoms with Gasteiger partial charge in [-0.3, -0.25) is 0 Å². The summed E-state index contributed by atoms with van der Waals surface area (Å²) >= 11 is 0. The number of aliphatic carboxylic acids is 1. The summed E-state index contributed by atoms with van der Waals surface area (Å²) in [6.07, 6.45) is 2.74. The third kappa shape index (κ3) is 2.22. The first-order valence-electron chi connectivity index (χ1n) is 6.11.